The molecule has 0 aliphatic heterocycles. The molecular weight excluding hydrogens is 236 g/mol. The summed E-state index contributed by atoms with van der Waals surface area (Å²) in [5, 5.41) is 12.0. The molecule has 10 heteroatoms. The standard InChI is InChI=1S/C7H8N4O6/c8-1-15-4-11-7(14)17-5-16-6(13)10-2-9-3-12/h2,4-5H2,(H,10,13)(H,11,14). The Morgan fingerprint density at radius 3 is 2.47 bits per heavy atom. The van der Waals surface area contributed by atoms with Gasteiger partial charge in [-0.2, -0.15) is 10.3 Å². The Morgan fingerprint density at radius 1 is 1.24 bits per heavy atom. The summed E-state index contributed by atoms with van der Waals surface area (Å²) >= 11 is 0. The number of ether oxygens (including phenoxy) is 3. The predicted molar refractivity (Wildman–Crippen MR) is 48.7 cm³/mol. The van der Waals surface area contributed by atoms with Crippen molar-refractivity contribution in [1.29, 1.82) is 5.26 Å². The zero-order chi connectivity index (χ0) is 12.9. The number of carbonyl (C=O) groups excluding carboxylic acids is 3. The maximum Gasteiger partial charge on any atom is 0.412 e. The van der Waals surface area contributed by atoms with Gasteiger partial charge in [0.1, 0.15) is 6.67 Å². The Labute approximate surface area is 95.1 Å². The van der Waals surface area contributed by atoms with Gasteiger partial charge in [0.2, 0.25) is 12.9 Å². The summed E-state index contributed by atoms with van der Waals surface area (Å²) in [5.74, 6) is 0. The van der Waals surface area contributed by atoms with Gasteiger partial charge in [0, 0.05) is 0 Å². The lowest BCUT2D eigenvalue weighted by Gasteiger charge is -2.06. The molecule has 0 heterocycles. The number of nitrogens with one attached hydrogen (secondary N) is 2. The van der Waals surface area contributed by atoms with Crippen molar-refractivity contribution in [3.05, 3.63) is 0 Å². The van der Waals surface area contributed by atoms with Gasteiger partial charge in [-0.1, -0.05) is 0 Å². The Balaban J connectivity index is 3.49. The first-order valence-corrected chi connectivity index (χ1v) is 4.06. The van der Waals surface area contributed by atoms with Crippen molar-refractivity contribution in [2.75, 3.05) is 20.2 Å². The summed E-state index contributed by atoms with van der Waals surface area (Å²) in [4.78, 5) is 34.2. The molecule has 0 spiro atoms. The van der Waals surface area contributed by atoms with Crippen molar-refractivity contribution in [2.45, 2.75) is 0 Å². The minimum Gasteiger partial charge on any atom is -0.412 e. The largest absolute Gasteiger partial charge is 0.412 e. The molecule has 0 rings (SSSR count). The first kappa shape index (κ1) is 14.2. The lowest BCUT2D eigenvalue weighted by Crippen LogP contribution is -2.29. The highest BCUT2D eigenvalue weighted by Crippen LogP contribution is 1.82. The summed E-state index contributed by atoms with van der Waals surface area (Å²) in [6.45, 7) is -1.28. The second-order valence-electron chi connectivity index (χ2n) is 2.12. The van der Waals surface area contributed by atoms with E-state index in [0.29, 0.717) is 0 Å². The molecule has 0 saturated heterocycles. The predicted octanol–water partition coefficient (Wildman–Crippen LogP) is -0.855. The Morgan fingerprint density at radius 2 is 1.88 bits per heavy atom. The lowest BCUT2D eigenvalue weighted by molar-refractivity contribution is 0.0218. The Kier molecular flexibility index (Phi) is 8.15. The number of hydrogen-bond acceptors (Lipinski definition) is 8. The monoisotopic (exact) mass is 244 g/mol. The summed E-state index contributed by atoms with van der Waals surface area (Å²) in [5.41, 5.74) is 0. The van der Waals surface area contributed by atoms with Crippen LogP contribution < -0.4 is 10.6 Å². The number of aliphatic imine (C=N–C) groups is 1. The average molecular weight is 244 g/mol. The topological polar surface area (TPSA) is 139 Å². The summed E-state index contributed by atoms with van der Waals surface area (Å²) < 4.78 is 12.8. The fraction of sp³-hybridized carbons (Fsp3) is 0.429. The molecule has 0 fully saturated rings. The SMILES string of the molecule is N#COCNC(=O)OCOC(=O)NCN=C=O. The van der Waals surface area contributed by atoms with E-state index >= 15 is 0 Å². The molecule has 0 aliphatic rings. The summed E-state index contributed by atoms with van der Waals surface area (Å²) in [6.07, 6.45) is 0.656. The maximum absolute atomic E-state index is 10.8. The molecule has 0 bridgehead atoms. The number of nitriles is 1. The molecule has 0 radical (unpaired) electrons. The van der Waals surface area contributed by atoms with Crippen LogP contribution in [0.5, 0.6) is 0 Å². The number of amides is 2. The molecule has 0 unspecified atom stereocenters. The fourth-order valence-corrected chi connectivity index (χ4v) is 0.502. The van der Waals surface area contributed by atoms with E-state index in [-0.39, 0.29) is 13.4 Å². The molecule has 17 heavy (non-hydrogen) atoms. The number of isocyanates is 1. The molecule has 10 nitrogen and oxygen atoms in total. The third-order valence-electron chi connectivity index (χ3n) is 1.10. The molecule has 0 aromatic heterocycles. The van der Waals surface area contributed by atoms with Crippen LogP contribution in [0.25, 0.3) is 0 Å². The molecule has 92 valence electrons. The molecule has 0 aromatic rings. The first-order valence-electron chi connectivity index (χ1n) is 4.06. The zero-order valence-electron chi connectivity index (χ0n) is 8.47. The number of carbonyl (C=O) groups is 2. The van der Waals surface area contributed by atoms with Crippen LogP contribution in [0, 0.1) is 11.5 Å². The van der Waals surface area contributed by atoms with E-state index in [9.17, 15) is 14.4 Å². The van der Waals surface area contributed by atoms with E-state index in [0.717, 1.165) is 0 Å². The molecule has 0 saturated carbocycles. The second-order valence-corrected chi connectivity index (χ2v) is 2.12. The zero-order valence-corrected chi connectivity index (χ0v) is 8.47. The number of nitrogens with zero attached hydrogens (tertiary/aromatic N) is 2. The molecular formula is C7H8N4O6. The van der Waals surface area contributed by atoms with Gasteiger partial charge >= 0.3 is 12.2 Å². The third-order valence-corrected chi connectivity index (χ3v) is 1.10. The van der Waals surface area contributed by atoms with Gasteiger partial charge in [0.15, 0.2) is 6.73 Å². The van der Waals surface area contributed by atoms with Crippen molar-refractivity contribution < 1.29 is 28.6 Å². The van der Waals surface area contributed by atoms with E-state index in [2.05, 4.69) is 19.2 Å². The van der Waals surface area contributed by atoms with Crippen molar-refractivity contribution in [3.63, 3.8) is 0 Å². The van der Waals surface area contributed by atoms with Crippen LogP contribution in [-0.4, -0.2) is 38.5 Å². The number of alkyl carbamates (subject to hydrolysis) is 2. The fourth-order valence-electron chi connectivity index (χ4n) is 0.502. The van der Waals surface area contributed by atoms with Crippen LogP contribution in [0.15, 0.2) is 4.99 Å². The highest BCUT2D eigenvalue weighted by Gasteiger charge is 2.04. The quantitative estimate of drug-likeness (QED) is 0.204. The van der Waals surface area contributed by atoms with Crippen molar-refractivity contribution in [2.24, 2.45) is 4.99 Å². The average Bonchev–Trinajstić information content (AvgIpc) is 2.30. The van der Waals surface area contributed by atoms with Crippen LogP contribution in [0.4, 0.5) is 9.59 Å². The minimum atomic E-state index is -0.932. The summed E-state index contributed by atoms with van der Waals surface area (Å²) in [6, 6.07) is 0. The maximum atomic E-state index is 10.8. The van der Waals surface area contributed by atoms with Crippen LogP contribution in [-0.2, 0) is 19.0 Å². The van der Waals surface area contributed by atoms with Gasteiger partial charge in [0.25, 0.3) is 6.26 Å². The molecule has 0 aliphatic carbocycles. The van der Waals surface area contributed by atoms with E-state index in [1.165, 1.54) is 12.3 Å². The van der Waals surface area contributed by atoms with E-state index in [1.54, 1.807) is 0 Å². The Hall–Kier alpha value is -2.79. The molecule has 2 N–H and O–H groups in total. The first-order chi connectivity index (χ1) is 8.20. The van der Waals surface area contributed by atoms with Crippen LogP contribution in [0.1, 0.15) is 0 Å². The van der Waals surface area contributed by atoms with Gasteiger partial charge in [0.05, 0.1) is 0 Å². The van der Waals surface area contributed by atoms with Crippen LogP contribution in [0.3, 0.4) is 0 Å². The smallest absolute Gasteiger partial charge is 0.412 e. The van der Waals surface area contributed by atoms with Gasteiger partial charge < -0.3 is 19.5 Å². The van der Waals surface area contributed by atoms with Crippen LogP contribution >= 0.6 is 0 Å². The van der Waals surface area contributed by atoms with Crippen LogP contribution in [0.2, 0.25) is 0 Å². The van der Waals surface area contributed by atoms with Gasteiger partial charge in [-0.3, -0.25) is 5.32 Å². The van der Waals surface area contributed by atoms with Crippen molar-refractivity contribution >= 4 is 18.3 Å². The molecule has 0 aromatic carbocycles. The van der Waals surface area contributed by atoms with Gasteiger partial charge in [-0.15, -0.1) is 0 Å². The van der Waals surface area contributed by atoms with Gasteiger partial charge in [-0.05, 0) is 0 Å². The number of rotatable bonds is 6. The van der Waals surface area contributed by atoms with Crippen molar-refractivity contribution in [1.82, 2.24) is 10.6 Å². The Bertz CT molecular complexity index is 345. The van der Waals surface area contributed by atoms with E-state index < -0.39 is 19.0 Å². The van der Waals surface area contributed by atoms with Crippen molar-refractivity contribution in [3.8, 4) is 6.26 Å². The van der Waals surface area contributed by atoms with E-state index in [1.807, 2.05) is 10.6 Å². The second kappa shape index (κ2) is 9.75. The van der Waals surface area contributed by atoms with E-state index in [4.69, 9.17) is 5.26 Å². The molecule has 0 atom stereocenters. The summed E-state index contributed by atoms with van der Waals surface area (Å²) in [7, 11) is 0. The molecule has 2 amide bonds. The highest BCUT2D eigenvalue weighted by atomic mass is 16.7. The lowest BCUT2D eigenvalue weighted by atomic mass is 11.0. The third kappa shape index (κ3) is 9.51. The normalized spacial score (nSPS) is 7.94. The highest BCUT2D eigenvalue weighted by molar-refractivity contribution is 5.68. The number of hydrogen-bond donors (Lipinski definition) is 2. The van der Waals surface area contributed by atoms with Gasteiger partial charge in [-0.25, -0.2) is 14.4 Å². The minimum absolute atomic E-state index is 0.287.